The molecule has 1 aromatic heterocycles. The van der Waals surface area contributed by atoms with Gasteiger partial charge in [-0.3, -0.25) is 4.79 Å². The molecule has 5 nitrogen and oxygen atoms in total. The fraction of sp³-hybridized carbons (Fsp3) is 0.278. The first kappa shape index (κ1) is 17.9. The molecule has 0 fully saturated rings. The van der Waals surface area contributed by atoms with Crippen molar-refractivity contribution in [2.45, 2.75) is 33.3 Å². The molecule has 0 aliphatic rings. The predicted molar refractivity (Wildman–Crippen MR) is 93.3 cm³/mol. The van der Waals surface area contributed by atoms with Gasteiger partial charge in [0.2, 0.25) is 0 Å². The van der Waals surface area contributed by atoms with Crippen molar-refractivity contribution in [3.8, 4) is 0 Å². The van der Waals surface area contributed by atoms with Crippen LogP contribution in [0.2, 0.25) is 5.15 Å². The lowest BCUT2D eigenvalue weighted by atomic mass is 10.1. The van der Waals surface area contributed by atoms with E-state index in [1.165, 1.54) is 12.3 Å². The number of pyridine rings is 1. The highest BCUT2D eigenvalue weighted by Crippen LogP contribution is 2.21. The summed E-state index contributed by atoms with van der Waals surface area (Å²) in [5.41, 5.74) is 2.76. The van der Waals surface area contributed by atoms with Crippen LogP contribution in [0.15, 0.2) is 36.5 Å². The molecule has 0 radical (unpaired) electrons. The van der Waals surface area contributed by atoms with E-state index in [0.717, 1.165) is 16.8 Å². The van der Waals surface area contributed by atoms with Gasteiger partial charge in [0.05, 0.1) is 5.56 Å². The van der Waals surface area contributed by atoms with Crippen LogP contribution in [0.1, 0.15) is 34.8 Å². The number of para-hydroxylation sites is 1. The summed E-state index contributed by atoms with van der Waals surface area (Å²) in [5.74, 6) is -1.04. The standard InChI is InChI=1S/C18H19ClN2O3/c1-4-14(24-18(23)13-9-6-10-20-16(13)19)17(22)21-15-11(2)7-5-8-12(15)3/h5-10,14H,4H2,1-3H3,(H,21,22). The van der Waals surface area contributed by atoms with Crippen LogP contribution in [0, 0.1) is 13.8 Å². The second-order valence-corrected chi connectivity index (χ2v) is 5.76. The number of nitrogens with one attached hydrogen (secondary N) is 1. The second-order valence-electron chi connectivity index (χ2n) is 5.40. The number of halogens is 1. The Bertz CT molecular complexity index is 741. The first-order valence-corrected chi connectivity index (χ1v) is 8.00. The van der Waals surface area contributed by atoms with Gasteiger partial charge in [-0.05, 0) is 43.5 Å². The summed E-state index contributed by atoms with van der Waals surface area (Å²) in [6.45, 7) is 5.59. The summed E-state index contributed by atoms with van der Waals surface area (Å²) in [6, 6.07) is 8.83. The van der Waals surface area contributed by atoms with E-state index in [9.17, 15) is 9.59 Å². The van der Waals surface area contributed by atoms with Gasteiger partial charge in [0.25, 0.3) is 5.91 Å². The molecule has 1 heterocycles. The smallest absolute Gasteiger partial charge is 0.342 e. The molecule has 126 valence electrons. The average molecular weight is 347 g/mol. The quantitative estimate of drug-likeness (QED) is 0.658. The van der Waals surface area contributed by atoms with Crippen molar-refractivity contribution in [3.63, 3.8) is 0 Å². The summed E-state index contributed by atoms with van der Waals surface area (Å²) >= 11 is 5.88. The lowest BCUT2D eigenvalue weighted by Crippen LogP contribution is -2.32. The summed E-state index contributed by atoms with van der Waals surface area (Å²) in [7, 11) is 0. The SMILES string of the molecule is CCC(OC(=O)c1cccnc1Cl)C(=O)Nc1c(C)cccc1C. The van der Waals surface area contributed by atoms with E-state index < -0.39 is 12.1 Å². The number of aromatic nitrogens is 1. The van der Waals surface area contributed by atoms with E-state index in [0.29, 0.717) is 6.42 Å². The van der Waals surface area contributed by atoms with Crippen LogP contribution < -0.4 is 5.32 Å². The zero-order chi connectivity index (χ0) is 17.7. The third-order valence-corrected chi connectivity index (χ3v) is 3.92. The predicted octanol–water partition coefficient (Wildman–Crippen LogP) is 3.93. The van der Waals surface area contributed by atoms with Gasteiger partial charge in [-0.25, -0.2) is 9.78 Å². The van der Waals surface area contributed by atoms with E-state index in [2.05, 4.69) is 10.3 Å². The molecule has 0 bridgehead atoms. The van der Waals surface area contributed by atoms with E-state index in [4.69, 9.17) is 16.3 Å². The van der Waals surface area contributed by atoms with Gasteiger partial charge < -0.3 is 10.1 Å². The number of ether oxygens (including phenoxy) is 1. The molecule has 0 aliphatic carbocycles. The van der Waals surface area contributed by atoms with E-state index in [1.54, 1.807) is 13.0 Å². The maximum Gasteiger partial charge on any atom is 0.342 e. The highest BCUT2D eigenvalue weighted by Gasteiger charge is 2.24. The Morgan fingerprint density at radius 2 is 1.88 bits per heavy atom. The average Bonchev–Trinajstić information content (AvgIpc) is 2.56. The molecule has 0 saturated heterocycles. The van der Waals surface area contributed by atoms with Crippen molar-refractivity contribution in [2.75, 3.05) is 5.32 Å². The molecule has 0 aliphatic heterocycles. The second kappa shape index (κ2) is 7.93. The molecular formula is C18H19ClN2O3. The molecule has 0 spiro atoms. The Kier molecular flexibility index (Phi) is 5.93. The van der Waals surface area contributed by atoms with Crippen LogP contribution in [0.4, 0.5) is 5.69 Å². The Morgan fingerprint density at radius 3 is 2.46 bits per heavy atom. The highest BCUT2D eigenvalue weighted by atomic mass is 35.5. The summed E-state index contributed by atoms with van der Waals surface area (Å²) in [5, 5.41) is 2.88. The third-order valence-electron chi connectivity index (χ3n) is 3.62. The molecule has 1 amide bonds. The number of hydrogen-bond donors (Lipinski definition) is 1. The van der Waals surface area contributed by atoms with Gasteiger partial charge in [0.1, 0.15) is 5.15 Å². The summed E-state index contributed by atoms with van der Waals surface area (Å²) in [6.07, 6.45) is 0.914. The van der Waals surface area contributed by atoms with Gasteiger partial charge in [-0.15, -0.1) is 0 Å². The van der Waals surface area contributed by atoms with Crippen LogP contribution in [-0.2, 0) is 9.53 Å². The Balaban J connectivity index is 2.12. The van der Waals surface area contributed by atoms with Crippen LogP contribution in [0.25, 0.3) is 0 Å². The van der Waals surface area contributed by atoms with Gasteiger partial charge >= 0.3 is 5.97 Å². The molecule has 2 rings (SSSR count). The number of carbonyl (C=O) groups excluding carboxylic acids is 2. The van der Waals surface area contributed by atoms with Crippen molar-refractivity contribution >= 4 is 29.2 Å². The van der Waals surface area contributed by atoms with Crippen LogP contribution >= 0.6 is 11.6 Å². The van der Waals surface area contributed by atoms with Crippen molar-refractivity contribution < 1.29 is 14.3 Å². The number of esters is 1. The summed E-state index contributed by atoms with van der Waals surface area (Å²) < 4.78 is 5.30. The topological polar surface area (TPSA) is 68.3 Å². The fourth-order valence-corrected chi connectivity index (χ4v) is 2.47. The molecule has 2 aromatic rings. The molecule has 1 atom stereocenters. The number of rotatable bonds is 5. The molecular weight excluding hydrogens is 328 g/mol. The number of aryl methyl sites for hydroxylation is 2. The monoisotopic (exact) mass is 346 g/mol. The number of anilines is 1. The minimum atomic E-state index is -0.909. The molecule has 1 N–H and O–H groups in total. The van der Waals surface area contributed by atoms with Gasteiger partial charge in [-0.2, -0.15) is 0 Å². The minimum absolute atomic E-state index is 0.0486. The van der Waals surface area contributed by atoms with Crippen molar-refractivity contribution in [1.82, 2.24) is 4.98 Å². The number of benzene rings is 1. The van der Waals surface area contributed by atoms with E-state index in [-0.39, 0.29) is 16.6 Å². The number of hydrogen-bond acceptors (Lipinski definition) is 4. The van der Waals surface area contributed by atoms with Gasteiger partial charge in [0, 0.05) is 11.9 Å². The fourth-order valence-electron chi connectivity index (χ4n) is 2.27. The Labute approximate surface area is 146 Å². The Morgan fingerprint density at radius 1 is 1.21 bits per heavy atom. The number of carbonyl (C=O) groups is 2. The van der Waals surface area contributed by atoms with E-state index >= 15 is 0 Å². The molecule has 1 aromatic carbocycles. The Hall–Kier alpha value is -2.40. The maximum atomic E-state index is 12.5. The van der Waals surface area contributed by atoms with Crippen molar-refractivity contribution in [3.05, 3.63) is 58.4 Å². The zero-order valence-corrected chi connectivity index (χ0v) is 14.6. The van der Waals surface area contributed by atoms with Crippen LogP contribution in [0.5, 0.6) is 0 Å². The largest absolute Gasteiger partial charge is 0.449 e. The maximum absolute atomic E-state index is 12.5. The van der Waals surface area contributed by atoms with Crippen LogP contribution in [-0.4, -0.2) is 23.0 Å². The van der Waals surface area contributed by atoms with Crippen molar-refractivity contribution in [2.24, 2.45) is 0 Å². The zero-order valence-electron chi connectivity index (χ0n) is 13.8. The van der Waals surface area contributed by atoms with Gasteiger partial charge in [0.15, 0.2) is 6.10 Å². The van der Waals surface area contributed by atoms with E-state index in [1.807, 2.05) is 32.0 Å². The highest BCUT2D eigenvalue weighted by molar-refractivity contribution is 6.32. The number of nitrogens with zero attached hydrogens (tertiary/aromatic N) is 1. The number of amides is 1. The molecule has 0 saturated carbocycles. The first-order chi connectivity index (χ1) is 11.4. The lowest BCUT2D eigenvalue weighted by molar-refractivity contribution is -0.124. The van der Waals surface area contributed by atoms with Gasteiger partial charge in [-0.1, -0.05) is 36.7 Å². The molecule has 24 heavy (non-hydrogen) atoms. The van der Waals surface area contributed by atoms with Crippen molar-refractivity contribution in [1.29, 1.82) is 0 Å². The third kappa shape index (κ3) is 4.11. The first-order valence-electron chi connectivity index (χ1n) is 7.62. The normalized spacial score (nSPS) is 11.7. The molecule has 1 unspecified atom stereocenters. The minimum Gasteiger partial charge on any atom is -0.449 e. The van der Waals surface area contributed by atoms with Crippen LogP contribution in [0.3, 0.4) is 0 Å². The summed E-state index contributed by atoms with van der Waals surface area (Å²) in [4.78, 5) is 28.5. The molecule has 6 heteroatoms. The lowest BCUT2D eigenvalue weighted by Gasteiger charge is -2.18.